The molecule has 0 amide bonds. The molecule has 0 bridgehead atoms. The maximum atomic E-state index is 12.8. The number of carbonyl (C=O) groups is 1. The molecule has 2 aromatic carbocycles. The number of rotatable bonds is 3. The molecule has 0 heterocycles. The van der Waals surface area contributed by atoms with Crippen LogP contribution in [0.4, 0.5) is 8.78 Å². The van der Waals surface area contributed by atoms with Gasteiger partial charge in [0, 0.05) is 8.95 Å². The van der Waals surface area contributed by atoms with Gasteiger partial charge in [-0.2, -0.15) is 5.26 Å². The molecule has 0 saturated carbocycles. The monoisotopic (exact) mass is 501 g/mol. The Bertz CT molecular complexity index is 890. The first-order valence-electron chi connectivity index (χ1n) is 7.88. The standard InChI is InChI=1S/C10H9BrFN.C10H10BrFO2/c1-10(2,6-13)8-4-3-7(12)5-9(8)11;1-10(2,9(13)14)7-4-3-6(12)5-8(7)11/h3-5H,1-2H3;3-5H,1-2H3,(H,13,14). The number of benzene rings is 2. The maximum absolute atomic E-state index is 12.8. The number of nitrogens with zero attached hydrogens (tertiary/aromatic N) is 1. The van der Waals surface area contributed by atoms with Crippen LogP contribution in [-0.2, 0) is 15.6 Å². The van der Waals surface area contributed by atoms with E-state index >= 15 is 0 Å². The third kappa shape index (κ3) is 5.85. The SMILES string of the molecule is CC(C)(C#N)c1ccc(F)cc1Br.CC(C)(C(=O)O)c1ccc(F)cc1Br. The fraction of sp³-hybridized carbons (Fsp3) is 0.300. The Labute approximate surface area is 174 Å². The van der Waals surface area contributed by atoms with E-state index in [1.165, 1.54) is 30.3 Å². The molecular weight excluding hydrogens is 484 g/mol. The predicted octanol–water partition coefficient (Wildman–Crippen LogP) is 6.34. The number of hydrogen-bond donors (Lipinski definition) is 1. The van der Waals surface area contributed by atoms with Crippen molar-refractivity contribution in [1.82, 2.24) is 0 Å². The molecule has 0 aliphatic heterocycles. The van der Waals surface area contributed by atoms with Crippen LogP contribution in [0, 0.1) is 23.0 Å². The third-order valence-corrected chi connectivity index (χ3v) is 5.34. The highest BCUT2D eigenvalue weighted by atomic mass is 79.9. The second kappa shape index (κ2) is 8.94. The van der Waals surface area contributed by atoms with Gasteiger partial charge in [-0.25, -0.2) is 8.78 Å². The molecule has 3 nitrogen and oxygen atoms in total. The van der Waals surface area contributed by atoms with Gasteiger partial charge in [0.1, 0.15) is 11.6 Å². The lowest BCUT2D eigenvalue weighted by molar-refractivity contribution is -0.142. The zero-order chi connectivity index (χ0) is 21.0. The van der Waals surface area contributed by atoms with Crippen LogP contribution < -0.4 is 0 Å². The molecule has 0 fully saturated rings. The summed E-state index contributed by atoms with van der Waals surface area (Å²) in [4.78, 5) is 10.9. The minimum atomic E-state index is -1.02. The Morgan fingerprint density at radius 3 is 1.70 bits per heavy atom. The molecule has 0 radical (unpaired) electrons. The Kier molecular flexibility index (Phi) is 7.70. The zero-order valence-electron chi connectivity index (χ0n) is 15.3. The number of aliphatic carboxylic acids is 1. The summed E-state index contributed by atoms with van der Waals surface area (Å²) in [5.74, 6) is -1.63. The van der Waals surface area contributed by atoms with E-state index < -0.39 is 16.8 Å². The van der Waals surface area contributed by atoms with Gasteiger partial charge in [-0.1, -0.05) is 44.0 Å². The number of nitriles is 1. The molecule has 2 aromatic rings. The van der Waals surface area contributed by atoms with Crippen LogP contribution in [0.2, 0.25) is 0 Å². The molecule has 0 aromatic heterocycles. The summed E-state index contributed by atoms with van der Waals surface area (Å²) in [6.07, 6.45) is 0. The summed E-state index contributed by atoms with van der Waals surface area (Å²) in [6, 6.07) is 10.5. The van der Waals surface area contributed by atoms with Crippen LogP contribution in [0.15, 0.2) is 45.3 Å². The largest absolute Gasteiger partial charge is 0.481 e. The van der Waals surface area contributed by atoms with Crippen molar-refractivity contribution in [1.29, 1.82) is 5.26 Å². The Morgan fingerprint density at radius 1 is 0.963 bits per heavy atom. The van der Waals surface area contributed by atoms with Gasteiger partial charge >= 0.3 is 5.97 Å². The van der Waals surface area contributed by atoms with E-state index in [0.717, 1.165) is 5.56 Å². The zero-order valence-corrected chi connectivity index (χ0v) is 18.5. The average molecular weight is 503 g/mol. The summed E-state index contributed by atoms with van der Waals surface area (Å²) >= 11 is 6.38. The van der Waals surface area contributed by atoms with Crippen LogP contribution >= 0.6 is 31.9 Å². The van der Waals surface area contributed by atoms with Crippen molar-refractivity contribution in [3.05, 3.63) is 68.1 Å². The van der Waals surface area contributed by atoms with Crippen molar-refractivity contribution in [2.45, 2.75) is 38.5 Å². The van der Waals surface area contributed by atoms with Crippen molar-refractivity contribution in [2.24, 2.45) is 0 Å². The summed E-state index contributed by atoms with van der Waals surface area (Å²) in [5.41, 5.74) is -0.248. The molecular formula is C20H19Br2F2NO2. The number of hydrogen-bond acceptors (Lipinski definition) is 2. The predicted molar refractivity (Wildman–Crippen MR) is 108 cm³/mol. The van der Waals surface area contributed by atoms with Gasteiger partial charge < -0.3 is 5.11 Å². The van der Waals surface area contributed by atoms with Crippen molar-refractivity contribution in [3.8, 4) is 6.07 Å². The van der Waals surface area contributed by atoms with Crippen LogP contribution in [0.25, 0.3) is 0 Å². The summed E-state index contributed by atoms with van der Waals surface area (Å²) in [6.45, 7) is 6.75. The van der Waals surface area contributed by atoms with Gasteiger partial charge in [-0.05, 0) is 63.1 Å². The first-order valence-corrected chi connectivity index (χ1v) is 9.47. The van der Waals surface area contributed by atoms with Gasteiger partial charge in [-0.15, -0.1) is 0 Å². The quantitative estimate of drug-likeness (QED) is 0.532. The van der Waals surface area contributed by atoms with E-state index in [1.54, 1.807) is 33.8 Å². The van der Waals surface area contributed by atoms with Crippen LogP contribution in [0.5, 0.6) is 0 Å². The number of halogens is 4. The van der Waals surface area contributed by atoms with Gasteiger partial charge in [0.25, 0.3) is 0 Å². The maximum Gasteiger partial charge on any atom is 0.313 e. The second-order valence-electron chi connectivity index (χ2n) is 6.92. The molecule has 2 rings (SSSR count). The molecule has 0 spiro atoms. The molecule has 1 N–H and O–H groups in total. The van der Waals surface area contributed by atoms with E-state index in [0.29, 0.717) is 14.5 Å². The first kappa shape index (κ1) is 23.3. The van der Waals surface area contributed by atoms with Crippen LogP contribution in [0.3, 0.4) is 0 Å². The van der Waals surface area contributed by atoms with Crippen molar-refractivity contribution in [3.63, 3.8) is 0 Å². The Balaban J connectivity index is 0.000000271. The topological polar surface area (TPSA) is 61.1 Å². The normalized spacial score (nSPS) is 11.2. The van der Waals surface area contributed by atoms with Gasteiger partial charge in [0.15, 0.2) is 0 Å². The summed E-state index contributed by atoms with van der Waals surface area (Å²) < 4.78 is 26.6. The van der Waals surface area contributed by atoms with Crippen molar-refractivity contribution < 1.29 is 18.7 Å². The lowest BCUT2D eigenvalue weighted by atomic mass is 9.85. The molecule has 27 heavy (non-hydrogen) atoms. The minimum Gasteiger partial charge on any atom is -0.481 e. The number of carboxylic acids is 1. The highest BCUT2D eigenvalue weighted by molar-refractivity contribution is 9.10. The van der Waals surface area contributed by atoms with E-state index in [2.05, 4.69) is 37.9 Å². The van der Waals surface area contributed by atoms with E-state index in [4.69, 9.17) is 10.4 Å². The highest BCUT2D eigenvalue weighted by Crippen LogP contribution is 2.31. The smallest absolute Gasteiger partial charge is 0.313 e. The number of carboxylic acid groups (broad SMARTS) is 1. The molecule has 7 heteroatoms. The van der Waals surface area contributed by atoms with Crippen LogP contribution in [0.1, 0.15) is 38.8 Å². The summed E-state index contributed by atoms with van der Waals surface area (Å²) in [7, 11) is 0. The van der Waals surface area contributed by atoms with E-state index in [-0.39, 0.29) is 11.6 Å². The molecule has 0 aliphatic rings. The fourth-order valence-corrected chi connectivity index (χ4v) is 3.86. The third-order valence-electron chi connectivity index (χ3n) is 4.02. The van der Waals surface area contributed by atoms with Crippen LogP contribution in [-0.4, -0.2) is 11.1 Å². The van der Waals surface area contributed by atoms with Crippen molar-refractivity contribution in [2.75, 3.05) is 0 Å². The Morgan fingerprint density at radius 2 is 1.37 bits per heavy atom. The van der Waals surface area contributed by atoms with Crippen molar-refractivity contribution >= 4 is 37.8 Å². The lowest BCUT2D eigenvalue weighted by Gasteiger charge is -2.21. The van der Waals surface area contributed by atoms with Gasteiger partial charge in [-0.3, -0.25) is 4.79 Å². The van der Waals surface area contributed by atoms with Gasteiger partial charge in [0.2, 0.25) is 0 Å². The summed E-state index contributed by atoms with van der Waals surface area (Å²) in [5, 5.41) is 17.9. The average Bonchev–Trinajstić information content (AvgIpc) is 2.54. The first-order chi connectivity index (χ1) is 12.3. The minimum absolute atomic E-state index is 0.302. The van der Waals surface area contributed by atoms with Gasteiger partial charge in [0.05, 0.1) is 16.9 Å². The Hall–Kier alpha value is -1.78. The molecule has 0 atom stereocenters. The molecule has 0 aliphatic carbocycles. The second-order valence-corrected chi connectivity index (χ2v) is 8.62. The fourth-order valence-electron chi connectivity index (χ4n) is 2.17. The lowest BCUT2D eigenvalue weighted by Crippen LogP contribution is -2.28. The highest BCUT2D eigenvalue weighted by Gasteiger charge is 2.31. The molecule has 144 valence electrons. The van der Waals surface area contributed by atoms with E-state index in [9.17, 15) is 13.6 Å². The molecule has 0 unspecified atom stereocenters. The molecule has 0 saturated heterocycles. The van der Waals surface area contributed by atoms with E-state index in [1.807, 2.05) is 0 Å².